The number of sulfonamides is 1. The van der Waals surface area contributed by atoms with E-state index in [1.165, 1.54) is 18.5 Å². The molecule has 0 amide bonds. The van der Waals surface area contributed by atoms with Gasteiger partial charge >= 0.3 is 0 Å². The van der Waals surface area contributed by atoms with Crippen LogP contribution >= 0.6 is 0 Å². The van der Waals surface area contributed by atoms with Crippen LogP contribution < -0.4 is 10.9 Å². The molecule has 0 spiro atoms. The second-order valence-electron chi connectivity index (χ2n) is 8.84. The molecule has 0 saturated carbocycles. The molecule has 6 rings (SSSR count). The summed E-state index contributed by atoms with van der Waals surface area (Å²) in [6.45, 7) is 0. The third-order valence-corrected chi connectivity index (χ3v) is 7.33. The summed E-state index contributed by atoms with van der Waals surface area (Å²) in [4.78, 5) is 8.38. The second kappa shape index (κ2) is 9.26. The predicted molar refractivity (Wildman–Crippen MR) is 149 cm³/mol. The number of primary sulfonamides is 1. The first-order valence-electron chi connectivity index (χ1n) is 11.8. The zero-order valence-corrected chi connectivity index (χ0v) is 20.9. The Balaban J connectivity index is 1.47. The maximum atomic E-state index is 12.0. The summed E-state index contributed by atoms with van der Waals surface area (Å²) >= 11 is 0. The molecule has 2 heterocycles. The van der Waals surface area contributed by atoms with E-state index in [0.717, 1.165) is 27.8 Å². The van der Waals surface area contributed by atoms with Crippen LogP contribution in [0.3, 0.4) is 0 Å². The van der Waals surface area contributed by atoms with Crippen molar-refractivity contribution >= 4 is 26.9 Å². The largest absolute Gasteiger partial charge is 0.437 e. The Morgan fingerprint density at radius 3 is 1.95 bits per heavy atom. The van der Waals surface area contributed by atoms with Crippen molar-refractivity contribution in [2.24, 2.45) is 5.14 Å². The van der Waals surface area contributed by atoms with Crippen molar-refractivity contribution in [1.82, 2.24) is 9.97 Å². The third-order valence-electron chi connectivity index (χ3n) is 6.42. The molecule has 0 unspecified atom stereocenters. The van der Waals surface area contributed by atoms with Crippen LogP contribution in [0.5, 0.6) is 0 Å². The molecular weight excluding hydrogens is 496 g/mol. The molecule has 0 radical (unpaired) electrons. The van der Waals surface area contributed by atoms with E-state index < -0.39 is 10.0 Å². The molecule has 0 aliphatic carbocycles. The molecule has 2 aromatic heterocycles. The van der Waals surface area contributed by atoms with E-state index in [4.69, 9.17) is 15.3 Å². The van der Waals surface area contributed by atoms with Gasteiger partial charge in [0, 0.05) is 11.1 Å². The van der Waals surface area contributed by atoms with E-state index in [1.807, 2.05) is 48.5 Å². The normalized spacial score (nSPS) is 11.6. The highest BCUT2D eigenvalue weighted by Gasteiger charge is 2.22. The summed E-state index contributed by atoms with van der Waals surface area (Å²) in [7, 11) is -3.90. The lowest BCUT2D eigenvalue weighted by molar-refractivity contribution is 0.597. The van der Waals surface area contributed by atoms with Gasteiger partial charge in [-0.15, -0.1) is 0 Å². The van der Waals surface area contributed by atoms with Crippen LogP contribution in [0.4, 0.5) is 5.82 Å². The summed E-state index contributed by atoms with van der Waals surface area (Å²) in [5.41, 5.74) is 13.0. The predicted octanol–water partition coefficient (Wildman–Crippen LogP) is 6.12. The highest BCUT2D eigenvalue weighted by atomic mass is 32.2. The number of nitrogens with two attached hydrogens (primary N) is 2. The highest BCUT2D eigenvalue weighted by Crippen LogP contribution is 2.42. The number of hydrogen-bond donors (Lipinski definition) is 2. The van der Waals surface area contributed by atoms with Gasteiger partial charge in [-0.2, -0.15) is 0 Å². The Labute approximate surface area is 219 Å². The van der Waals surface area contributed by atoms with Gasteiger partial charge < -0.3 is 10.2 Å². The molecule has 4 aromatic carbocycles. The summed E-state index contributed by atoms with van der Waals surface area (Å²) in [5.74, 6) is 0.693. The Bertz CT molecular complexity index is 1900. The van der Waals surface area contributed by atoms with E-state index in [1.54, 1.807) is 12.1 Å². The van der Waals surface area contributed by atoms with E-state index in [-0.39, 0.29) is 10.7 Å². The van der Waals surface area contributed by atoms with Crippen molar-refractivity contribution in [3.63, 3.8) is 0 Å². The molecule has 0 atom stereocenters. The molecule has 38 heavy (non-hydrogen) atoms. The number of anilines is 1. The van der Waals surface area contributed by atoms with Crippen LogP contribution in [-0.2, 0) is 10.0 Å². The smallest absolute Gasteiger partial charge is 0.238 e. The lowest BCUT2D eigenvalue weighted by atomic mass is 9.95. The van der Waals surface area contributed by atoms with Gasteiger partial charge in [-0.05, 0) is 46.0 Å². The number of hydrogen-bond acceptors (Lipinski definition) is 6. The third kappa shape index (κ3) is 4.32. The maximum absolute atomic E-state index is 12.0. The van der Waals surface area contributed by atoms with Gasteiger partial charge in [0.2, 0.25) is 15.7 Å². The van der Waals surface area contributed by atoms with Crippen LogP contribution in [0.15, 0.2) is 119 Å². The SMILES string of the molecule is Nc1ncnc2oc(-c3cccc(S(N)(=O)=O)c3)c(-c3ccc(-c4cccc(-c5ccccc5)c4)cc3)c12. The number of fused-ring (bicyclic) bond motifs is 1. The van der Waals surface area contributed by atoms with Crippen LogP contribution in [-0.4, -0.2) is 18.4 Å². The fourth-order valence-corrected chi connectivity index (χ4v) is 5.15. The van der Waals surface area contributed by atoms with Crippen molar-refractivity contribution in [2.75, 3.05) is 5.73 Å². The van der Waals surface area contributed by atoms with Crippen molar-refractivity contribution in [3.8, 4) is 44.7 Å². The molecule has 0 saturated heterocycles. The van der Waals surface area contributed by atoms with Gasteiger partial charge in [0.25, 0.3) is 0 Å². The number of nitrogen functional groups attached to an aromatic ring is 1. The van der Waals surface area contributed by atoms with Crippen LogP contribution in [0, 0.1) is 0 Å². The van der Waals surface area contributed by atoms with Crippen molar-refractivity contribution in [3.05, 3.63) is 109 Å². The Kier molecular flexibility index (Phi) is 5.75. The summed E-state index contributed by atoms with van der Waals surface area (Å²) < 4.78 is 30.1. The van der Waals surface area contributed by atoms with Crippen molar-refractivity contribution < 1.29 is 12.8 Å². The number of benzene rings is 4. The standard InChI is InChI=1S/C30H22N4O3S/c31-29-27-26(28(37-30(27)34-18-33-29)24-10-5-11-25(17-24)38(32,35)36)21-14-12-20(13-15-21)23-9-4-8-22(16-23)19-6-2-1-3-7-19/h1-18H,(H2,31,33,34)(H2,32,35,36). The zero-order chi connectivity index (χ0) is 26.3. The first-order valence-corrected chi connectivity index (χ1v) is 13.4. The van der Waals surface area contributed by atoms with Gasteiger partial charge in [0.15, 0.2) is 0 Å². The van der Waals surface area contributed by atoms with E-state index in [0.29, 0.717) is 28.0 Å². The molecule has 0 aliphatic rings. The monoisotopic (exact) mass is 518 g/mol. The van der Waals surface area contributed by atoms with Crippen LogP contribution in [0.25, 0.3) is 55.8 Å². The molecule has 4 N–H and O–H groups in total. The fraction of sp³-hybridized carbons (Fsp3) is 0. The number of nitrogens with zero attached hydrogens (tertiary/aromatic N) is 2. The average Bonchev–Trinajstić information content (AvgIpc) is 3.34. The van der Waals surface area contributed by atoms with Gasteiger partial charge in [-0.25, -0.2) is 23.5 Å². The average molecular weight is 519 g/mol. The molecule has 6 aromatic rings. The molecule has 0 aliphatic heterocycles. The molecule has 7 nitrogen and oxygen atoms in total. The lowest BCUT2D eigenvalue weighted by Gasteiger charge is -2.09. The van der Waals surface area contributed by atoms with Crippen molar-refractivity contribution in [1.29, 1.82) is 0 Å². The zero-order valence-electron chi connectivity index (χ0n) is 20.1. The first-order chi connectivity index (χ1) is 18.4. The van der Waals surface area contributed by atoms with Crippen LogP contribution in [0.1, 0.15) is 0 Å². The Hall–Kier alpha value is -4.79. The number of rotatable bonds is 5. The van der Waals surface area contributed by atoms with E-state index >= 15 is 0 Å². The summed E-state index contributed by atoms with van der Waals surface area (Å²) in [6.07, 6.45) is 1.33. The minimum Gasteiger partial charge on any atom is -0.437 e. The summed E-state index contributed by atoms with van der Waals surface area (Å²) in [5, 5.41) is 5.93. The molecule has 8 heteroatoms. The topological polar surface area (TPSA) is 125 Å². The quantitative estimate of drug-likeness (QED) is 0.283. The van der Waals surface area contributed by atoms with E-state index in [2.05, 4.69) is 40.3 Å². The molecular formula is C30H22N4O3S. The molecule has 186 valence electrons. The minimum absolute atomic E-state index is 0.0193. The number of furan rings is 1. The van der Waals surface area contributed by atoms with Crippen molar-refractivity contribution in [2.45, 2.75) is 4.90 Å². The van der Waals surface area contributed by atoms with Gasteiger partial charge in [0.05, 0.1) is 10.3 Å². The van der Waals surface area contributed by atoms with Gasteiger partial charge in [-0.3, -0.25) is 0 Å². The minimum atomic E-state index is -3.90. The van der Waals surface area contributed by atoms with Crippen LogP contribution in [0.2, 0.25) is 0 Å². The molecule has 0 fully saturated rings. The maximum Gasteiger partial charge on any atom is 0.238 e. The highest BCUT2D eigenvalue weighted by molar-refractivity contribution is 7.89. The lowest BCUT2D eigenvalue weighted by Crippen LogP contribution is -2.11. The fourth-order valence-electron chi connectivity index (χ4n) is 4.59. The Morgan fingerprint density at radius 1 is 0.632 bits per heavy atom. The van der Waals surface area contributed by atoms with Gasteiger partial charge in [-0.1, -0.05) is 84.9 Å². The number of aromatic nitrogens is 2. The second-order valence-corrected chi connectivity index (χ2v) is 10.4. The Morgan fingerprint density at radius 2 is 1.24 bits per heavy atom. The summed E-state index contributed by atoms with van der Waals surface area (Å²) in [6, 6.07) is 32.9. The van der Waals surface area contributed by atoms with Gasteiger partial charge in [0.1, 0.15) is 17.9 Å². The van der Waals surface area contributed by atoms with E-state index in [9.17, 15) is 8.42 Å². The first kappa shape index (κ1) is 23.6. The molecule has 0 bridgehead atoms.